The van der Waals surface area contributed by atoms with E-state index < -0.39 is 0 Å². The van der Waals surface area contributed by atoms with E-state index in [-0.39, 0.29) is 5.91 Å². The van der Waals surface area contributed by atoms with Crippen LogP contribution in [-0.4, -0.2) is 10.9 Å². The predicted octanol–water partition coefficient (Wildman–Crippen LogP) is 5.32. The molecule has 0 saturated carbocycles. The van der Waals surface area contributed by atoms with Crippen molar-refractivity contribution in [3.8, 4) is 0 Å². The highest BCUT2D eigenvalue weighted by molar-refractivity contribution is 7.20. The Hall–Kier alpha value is -2.72. The predicted molar refractivity (Wildman–Crippen MR) is 101 cm³/mol. The fraction of sp³-hybridized carbons (Fsp3) is 0.100. The molecule has 4 aromatic rings. The van der Waals surface area contributed by atoms with Crippen LogP contribution in [-0.2, 0) is 0 Å². The van der Waals surface area contributed by atoms with Crippen LogP contribution in [0.4, 0.5) is 5.69 Å². The van der Waals surface area contributed by atoms with E-state index in [1.807, 2.05) is 43.3 Å². The first-order valence-electron chi connectivity index (χ1n) is 7.78. The molecule has 0 atom stereocenters. The van der Waals surface area contributed by atoms with Crippen molar-refractivity contribution in [2.24, 2.45) is 0 Å². The number of rotatable bonds is 2. The Morgan fingerprint density at radius 2 is 1.83 bits per heavy atom. The minimum atomic E-state index is -0.0902. The van der Waals surface area contributed by atoms with Crippen molar-refractivity contribution in [2.75, 3.05) is 5.32 Å². The van der Waals surface area contributed by atoms with Gasteiger partial charge in [-0.25, -0.2) is 4.98 Å². The maximum atomic E-state index is 12.6. The van der Waals surface area contributed by atoms with Gasteiger partial charge >= 0.3 is 0 Å². The van der Waals surface area contributed by atoms with Crippen molar-refractivity contribution in [2.45, 2.75) is 13.8 Å². The van der Waals surface area contributed by atoms with Crippen molar-refractivity contribution < 1.29 is 4.79 Å². The number of nitrogens with one attached hydrogen (secondary N) is 1. The van der Waals surface area contributed by atoms with Crippen molar-refractivity contribution >= 4 is 44.1 Å². The molecule has 2 heterocycles. The normalized spacial score (nSPS) is 11.1. The molecule has 118 valence electrons. The number of hydrogen-bond donors (Lipinski definition) is 1. The first-order valence-corrected chi connectivity index (χ1v) is 8.60. The number of pyridine rings is 1. The van der Waals surface area contributed by atoms with Gasteiger partial charge in [-0.1, -0.05) is 29.8 Å². The lowest BCUT2D eigenvalue weighted by Gasteiger charge is -2.06. The summed E-state index contributed by atoms with van der Waals surface area (Å²) in [5.41, 5.74) is 4.05. The Balaban J connectivity index is 1.73. The molecule has 1 amide bonds. The van der Waals surface area contributed by atoms with Gasteiger partial charge in [-0.2, -0.15) is 0 Å². The topological polar surface area (TPSA) is 42.0 Å². The maximum Gasteiger partial charge on any atom is 0.265 e. The molecular formula is C20H16N2OS. The monoisotopic (exact) mass is 332 g/mol. The van der Waals surface area contributed by atoms with Crippen LogP contribution in [0.2, 0.25) is 0 Å². The fourth-order valence-corrected chi connectivity index (χ4v) is 3.68. The van der Waals surface area contributed by atoms with Gasteiger partial charge in [0.1, 0.15) is 4.83 Å². The van der Waals surface area contributed by atoms with Crippen LogP contribution in [0, 0.1) is 13.8 Å². The number of benzene rings is 2. The largest absolute Gasteiger partial charge is 0.321 e. The van der Waals surface area contributed by atoms with E-state index in [9.17, 15) is 4.79 Å². The Morgan fingerprint density at radius 1 is 1.00 bits per heavy atom. The minimum Gasteiger partial charge on any atom is -0.321 e. The standard InChI is InChI=1S/C20H16N2OS/c1-12-7-8-17-14(9-12)10-15-11-18(24-20(15)22-17)19(23)21-16-6-4-3-5-13(16)2/h3-11H,1-2H3,(H,21,23). The molecular weight excluding hydrogens is 316 g/mol. The zero-order valence-electron chi connectivity index (χ0n) is 13.5. The van der Waals surface area contributed by atoms with E-state index in [2.05, 4.69) is 35.4 Å². The average Bonchev–Trinajstić information content (AvgIpc) is 2.97. The van der Waals surface area contributed by atoms with Gasteiger partial charge in [0.2, 0.25) is 0 Å². The van der Waals surface area contributed by atoms with Crippen LogP contribution in [0.5, 0.6) is 0 Å². The summed E-state index contributed by atoms with van der Waals surface area (Å²) < 4.78 is 0. The van der Waals surface area contributed by atoms with Crippen molar-refractivity contribution in [1.29, 1.82) is 0 Å². The second-order valence-corrected chi connectivity index (χ2v) is 6.99. The molecule has 0 bridgehead atoms. The summed E-state index contributed by atoms with van der Waals surface area (Å²) in [6.07, 6.45) is 0. The summed E-state index contributed by atoms with van der Waals surface area (Å²) in [6, 6.07) is 18.0. The van der Waals surface area contributed by atoms with Gasteiger partial charge in [0, 0.05) is 16.5 Å². The summed E-state index contributed by atoms with van der Waals surface area (Å²) in [5, 5.41) is 5.09. The number of nitrogens with zero attached hydrogens (tertiary/aromatic N) is 1. The number of anilines is 1. The summed E-state index contributed by atoms with van der Waals surface area (Å²) in [6.45, 7) is 4.05. The molecule has 2 aromatic carbocycles. The van der Waals surface area contributed by atoms with Crippen LogP contribution >= 0.6 is 11.3 Å². The number of carbonyl (C=O) groups is 1. The summed E-state index contributed by atoms with van der Waals surface area (Å²) in [7, 11) is 0. The highest BCUT2D eigenvalue weighted by atomic mass is 32.1. The van der Waals surface area contributed by atoms with Crippen molar-refractivity contribution in [3.05, 3.63) is 70.6 Å². The van der Waals surface area contributed by atoms with Gasteiger partial charge in [-0.05, 0) is 49.7 Å². The second kappa shape index (κ2) is 5.73. The van der Waals surface area contributed by atoms with E-state index in [0.29, 0.717) is 4.88 Å². The molecule has 2 aromatic heterocycles. The molecule has 0 radical (unpaired) electrons. The third-order valence-electron chi connectivity index (χ3n) is 4.07. The fourth-order valence-electron chi connectivity index (χ4n) is 2.76. The molecule has 3 nitrogen and oxygen atoms in total. The Morgan fingerprint density at radius 3 is 2.67 bits per heavy atom. The number of aromatic nitrogens is 1. The summed E-state index contributed by atoms with van der Waals surface area (Å²) in [5.74, 6) is -0.0902. The number of para-hydroxylation sites is 1. The molecule has 1 N–H and O–H groups in total. The zero-order chi connectivity index (χ0) is 16.7. The first-order chi connectivity index (χ1) is 11.6. The number of amides is 1. The molecule has 0 unspecified atom stereocenters. The van der Waals surface area contributed by atoms with Crippen LogP contribution in [0.25, 0.3) is 21.1 Å². The Kier molecular flexibility index (Phi) is 3.54. The lowest BCUT2D eigenvalue weighted by atomic mass is 10.1. The molecule has 0 aliphatic heterocycles. The highest BCUT2D eigenvalue weighted by Gasteiger charge is 2.13. The number of aryl methyl sites for hydroxylation is 2. The number of fused-ring (bicyclic) bond motifs is 2. The van der Waals surface area contributed by atoms with Gasteiger partial charge < -0.3 is 5.32 Å². The first kappa shape index (κ1) is 14.8. The van der Waals surface area contributed by atoms with E-state index in [1.54, 1.807) is 0 Å². The summed E-state index contributed by atoms with van der Waals surface area (Å²) in [4.78, 5) is 18.8. The van der Waals surface area contributed by atoms with Crippen LogP contribution in [0.1, 0.15) is 20.8 Å². The summed E-state index contributed by atoms with van der Waals surface area (Å²) >= 11 is 1.43. The highest BCUT2D eigenvalue weighted by Crippen LogP contribution is 2.28. The van der Waals surface area contributed by atoms with Crippen molar-refractivity contribution in [1.82, 2.24) is 4.98 Å². The molecule has 24 heavy (non-hydrogen) atoms. The van der Waals surface area contributed by atoms with Gasteiger partial charge in [-0.15, -0.1) is 11.3 Å². The van der Waals surface area contributed by atoms with Crippen molar-refractivity contribution in [3.63, 3.8) is 0 Å². The number of carbonyl (C=O) groups excluding carboxylic acids is 1. The van der Waals surface area contributed by atoms with E-state index in [0.717, 1.165) is 32.4 Å². The lowest BCUT2D eigenvalue weighted by molar-refractivity contribution is 0.103. The second-order valence-electron chi connectivity index (χ2n) is 5.96. The molecule has 0 fully saturated rings. The van der Waals surface area contributed by atoms with Gasteiger partial charge in [0.15, 0.2) is 0 Å². The number of hydrogen-bond acceptors (Lipinski definition) is 3. The third-order valence-corrected chi connectivity index (χ3v) is 5.12. The lowest BCUT2D eigenvalue weighted by Crippen LogP contribution is -2.10. The molecule has 0 aliphatic rings. The Labute approximate surface area is 144 Å². The maximum absolute atomic E-state index is 12.6. The van der Waals surface area contributed by atoms with E-state index >= 15 is 0 Å². The van der Waals surface area contributed by atoms with E-state index in [1.165, 1.54) is 16.9 Å². The molecule has 0 aliphatic carbocycles. The molecule has 4 rings (SSSR count). The van der Waals surface area contributed by atoms with Crippen LogP contribution < -0.4 is 5.32 Å². The minimum absolute atomic E-state index is 0.0902. The van der Waals surface area contributed by atoms with Gasteiger partial charge in [0.25, 0.3) is 5.91 Å². The molecule has 0 saturated heterocycles. The van der Waals surface area contributed by atoms with Gasteiger partial charge in [0.05, 0.1) is 10.4 Å². The smallest absolute Gasteiger partial charge is 0.265 e. The average molecular weight is 332 g/mol. The third kappa shape index (κ3) is 2.65. The van der Waals surface area contributed by atoms with Crippen LogP contribution in [0.3, 0.4) is 0 Å². The quantitative estimate of drug-likeness (QED) is 0.540. The molecule has 0 spiro atoms. The zero-order valence-corrected chi connectivity index (χ0v) is 14.3. The SMILES string of the molecule is Cc1ccc2nc3sc(C(=O)Nc4ccccc4C)cc3cc2c1. The number of thiophene rings is 1. The van der Waals surface area contributed by atoms with Gasteiger partial charge in [-0.3, -0.25) is 4.79 Å². The van der Waals surface area contributed by atoms with E-state index in [4.69, 9.17) is 0 Å². The molecule has 4 heteroatoms. The Bertz CT molecular complexity index is 1080. The van der Waals surface area contributed by atoms with Crippen LogP contribution in [0.15, 0.2) is 54.6 Å².